The zero-order valence-electron chi connectivity index (χ0n) is 7.58. The summed E-state index contributed by atoms with van der Waals surface area (Å²) in [6.45, 7) is -0.0479. The molecule has 1 aromatic heterocycles. The van der Waals surface area contributed by atoms with Crippen molar-refractivity contribution in [3.63, 3.8) is 0 Å². The third-order valence-corrected chi connectivity index (χ3v) is 3.21. The fourth-order valence-corrected chi connectivity index (χ4v) is 2.03. The minimum absolute atomic E-state index is 0.0479. The van der Waals surface area contributed by atoms with E-state index in [9.17, 15) is 4.39 Å². The van der Waals surface area contributed by atoms with Crippen LogP contribution in [-0.2, 0) is 6.61 Å². The van der Waals surface area contributed by atoms with Gasteiger partial charge in [-0.05, 0) is 12.1 Å². The number of aromatic nitrogens is 1. The van der Waals surface area contributed by atoms with Crippen LogP contribution in [0, 0.1) is 5.82 Å². The first-order valence-corrected chi connectivity index (χ1v) is 5.41. The molecule has 0 bridgehead atoms. The molecule has 78 valence electrons. The van der Waals surface area contributed by atoms with Gasteiger partial charge in [-0.3, -0.25) is 0 Å². The van der Waals surface area contributed by atoms with E-state index in [0.29, 0.717) is 10.6 Å². The molecule has 2 rings (SSSR count). The van der Waals surface area contributed by atoms with Crippen molar-refractivity contribution < 1.29 is 9.50 Å². The SMILES string of the molecule is OCc1cnc(-c2ccc(Cl)c(F)c2)s1. The van der Waals surface area contributed by atoms with Gasteiger partial charge >= 0.3 is 0 Å². The van der Waals surface area contributed by atoms with E-state index in [4.69, 9.17) is 16.7 Å². The molecule has 0 saturated heterocycles. The van der Waals surface area contributed by atoms with Crippen molar-refractivity contribution in [3.8, 4) is 10.6 Å². The second-order valence-corrected chi connectivity index (χ2v) is 4.44. The molecule has 0 radical (unpaired) electrons. The predicted octanol–water partition coefficient (Wildman–Crippen LogP) is 3.09. The highest BCUT2D eigenvalue weighted by Gasteiger charge is 2.07. The van der Waals surface area contributed by atoms with E-state index in [2.05, 4.69) is 4.98 Å². The van der Waals surface area contributed by atoms with E-state index in [1.165, 1.54) is 23.5 Å². The number of thiazole rings is 1. The molecule has 2 aromatic rings. The Bertz CT molecular complexity index is 486. The smallest absolute Gasteiger partial charge is 0.142 e. The highest BCUT2D eigenvalue weighted by molar-refractivity contribution is 7.15. The summed E-state index contributed by atoms with van der Waals surface area (Å²) in [5.74, 6) is -0.463. The predicted molar refractivity (Wildman–Crippen MR) is 58.4 cm³/mol. The topological polar surface area (TPSA) is 33.1 Å². The first-order chi connectivity index (χ1) is 7.20. The van der Waals surface area contributed by atoms with Gasteiger partial charge in [-0.1, -0.05) is 17.7 Å². The van der Waals surface area contributed by atoms with E-state index in [-0.39, 0.29) is 11.6 Å². The van der Waals surface area contributed by atoms with Gasteiger partial charge in [0.2, 0.25) is 0 Å². The Morgan fingerprint density at radius 2 is 2.27 bits per heavy atom. The van der Waals surface area contributed by atoms with Crippen molar-refractivity contribution in [1.29, 1.82) is 0 Å². The Labute approximate surface area is 95.0 Å². The summed E-state index contributed by atoms with van der Waals surface area (Å²) in [7, 11) is 0. The van der Waals surface area contributed by atoms with Crippen molar-refractivity contribution in [3.05, 3.63) is 40.1 Å². The number of halogens is 2. The molecule has 1 aromatic carbocycles. The average molecular weight is 244 g/mol. The molecular formula is C10H7ClFNOS. The molecule has 0 aliphatic heterocycles. The van der Waals surface area contributed by atoms with E-state index in [1.54, 1.807) is 12.3 Å². The van der Waals surface area contributed by atoms with Crippen LogP contribution >= 0.6 is 22.9 Å². The summed E-state index contributed by atoms with van der Waals surface area (Å²) in [5.41, 5.74) is 0.668. The molecule has 0 atom stereocenters. The maximum atomic E-state index is 13.1. The second kappa shape index (κ2) is 4.26. The molecule has 2 nitrogen and oxygen atoms in total. The van der Waals surface area contributed by atoms with E-state index in [1.807, 2.05) is 0 Å². The van der Waals surface area contributed by atoms with Crippen molar-refractivity contribution in [2.45, 2.75) is 6.61 Å². The molecule has 15 heavy (non-hydrogen) atoms. The number of benzene rings is 1. The molecule has 0 aliphatic carbocycles. The van der Waals surface area contributed by atoms with Gasteiger partial charge in [-0.15, -0.1) is 11.3 Å². The number of aliphatic hydroxyl groups excluding tert-OH is 1. The monoisotopic (exact) mass is 243 g/mol. The second-order valence-electron chi connectivity index (χ2n) is 2.92. The Morgan fingerprint density at radius 1 is 1.47 bits per heavy atom. The van der Waals surface area contributed by atoms with E-state index >= 15 is 0 Å². The summed E-state index contributed by atoms with van der Waals surface area (Å²) < 4.78 is 13.1. The van der Waals surface area contributed by atoms with Gasteiger partial charge in [0.25, 0.3) is 0 Å². The summed E-state index contributed by atoms with van der Waals surface area (Å²) >= 11 is 6.90. The van der Waals surface area contributed by atoms with Gasteiger partial charge < -0.3 is 5.11 Å². The van der Waals surface area contributed by atoms with Crippen molar-refractivity contribution in [2.24, 2.45) is 0 Å². The summed E-state index contributed by atoms with van der Waals surface area (Å²) in [5, 5.41) is 9.64. The zero-order chi connectivity index (χ0) is 10.8. The Morgan fingerprint density at radius 3 is 2.87 bits per heavy atom. The van der Waals surface area contributed by atoms with Crippen molar-refractivity contribution in [1.82, 2.24) is 4.98 Å². The number of hydrogen-bond acceptors (Lipinski definition) is 3. The number of rotatable bonds is 2. The number of hydrogen-bond donors (Lipinski definition) is 1. The van der Waals surface area contributed by atoms with Crippen LogP contribution in [0.3, 0.4) is 0 Å². The minimum Gasteiger partial charge on any atom is -0.391 e. The normalized spacial score (nSPS) is 10.6. The molecule has 0 unspecified atom stereocenters. The van der Waals surface area contributed by atoms with Gasteiger partial charge in [0, 0.05) is 11.8 Å². The van der Waals surface area contributed by atoms with Crippen LogP contribution < -0.4 is 0 Å². The lowest BCUT2D eigenvalue weighted by Gasteiger charge is -1.97. The minimum atomic E-state index is -0.463. The van der Waals surface area contributed by atoms with Crippen LogP contribution in [0.2, 0.25) is 5.02 Å². The van der Waals surface area contributed by atoms with Crippen molar-refractivity contribution in [2.75, 3.05) is 0 Å². The van der Waals surface area contributed by atoms with Gasteiger partial charge in [-0.25, -0.2) is 9.37 Å². The standard InChI is InChI=1S/C10H7ClFNOS/c11-8-2-1-6(3-9(8)12)10-13-4-7(5-14)15-10/h1-4,14H,5H2. The lowest BCUT2D eigenvalue weighted by atomic mass is 10.2. The van der Waals surface area contributed by atoms with Gasteiger partial charge in [-0.2, -0.15) is 0 Å². The highest BCUT2D eigenvalue weighted by Crippen LogP contribution is 2.27. The molecule has 5 heteroatoms. The molecule has 0 amide bonds. The molecule has 0 aliphatic rings. The molecule has 0 spiro atoms. The summed E-state index contributed by atoms with van der Waals surface area (Å²) in [4.78, 5) is 4.83. The number of nitrogens with zero attached hydrogens (tertiary/aromatic N) is 1. The van der Waals surface area contributed by atoms with Crippen LogP contribution in [0.5, 0.6) is 0 Å². The fraction of sp³-hybridized carbons (Fsp3) is 0.100. The molecule has 1 N–H and O–H groups in total. The third-order valence-electron chi connectivity index (χ3n) is 1.88. The highest BCUT2D eigenvalue weighted by atomic mass is 35.5. The maximum absolute atomic E-state index is 13.1. The Kier molecular flexibility index (Phi) is 3.00. The Hall–Kier alpha value is -0.970. The van der Waals surface area contributed by atoms with Gasteiger partial charge in [0.05, 0.1) is 16.5 Å². The third kappa shape index (κ3) is 2.17. The molecule has 1 heterocycles. The van der Waals surface area contributed by atoms with Crippen LogP contribution in [0.25, 0.3) is 10.6 Å². The average Bonchev–Trinajstić information content (AvgIpc) is 2.70. The zero-order valence-corrected chi connectivity index (χ0v) is 9.15. The lowest BCUT2D eigenvalue weighted by Crippen LogP contribution is -1.79. The quantitative estimate of drug-likeness (QED) is 0.879. The molecular weight excluding hydrogens is 237 g/mol. The maximum Gasteiger partial charge on any atom is 0.142 e. The first-order valence-electron chi connectivity index (χ1n) is 4.21. The van der Waals surface area contributed by atoms with E-state index < -0.39 is 5.82 Å². The van der Waals surface area contributed by atoms with Crippen LogP contribution in [0.4, 0.5) is 4.39 Å². The van der Waals surface area contributed by atoms with Crippen LogP contribution in [0.1, 0.15) is 4.88 Å². The summed E-state index contributed by atoms with van der Waals surface area (Å²) in [6.07, 6.45) is 1.58. The number of aliphatic hydroxyl groups is 1. The first kappa shape index (κ1) is 10.5. The molecule has 0 saturated carbocycles. The Balaban J connectivity index is 2.40. The van der Waals surface area contributed by atoms with Gasteiger partial charge in [0.1, 0.15) is 10.8 Å². The van der Waals surface area contributed by atoms with Crippen molar-refractivity contribution >= 4 is 22.9 Å². The van der Waals surface area contributed by atoms with Crippen LogP contribution in [-0.4, -0.2) is 10.1 Å². The van der Waals surface area contributed by atoms with Gasteiger partial charge in [0.15, 0.2) is 0 Å². The summed E-state index contributed by atoms with van der Waals surface area (Å²) in [6, 6.07) is 4.53. The lowest BCUT2D eigenvalue weighted by molar-refractivity contribution is 0.285. The van der Waals surface area contributed by atoms with E-state index in [0.717, 1.165) is 4.88 Å². The largest absolute Gasteiger partial charge is 0.391 e. The van der Waals surface area contributed by atoms with Crippen LogP contribution in [0.15, 0.2) is 24.4 Å². The fourth-order valence-electron chi connectivity index (χ4n) is 1.14. The molecule has 0 fully saturated rings.